The van der Waals surface area contributed by atoms with Crippen LogP contribution in [0.1, 0.15) is 12.5 Å². The van der Waals surface area contributed by atoms with Crippen LogP contribution in [0, 0.1) is 6.92 Å². The fourth-order valence-corrected chi connectivity index (χ4v) is 0.986. The summed E-state index contributed by atoms with van der Waals surface area (Å²) in [6, 6.07) is 7.64. The Morgan fingerprint density at radius 2 is 2.07 bits per heavy atom. The number of aliphatic imine (C=N–C) groups is 1. The van der Waals surface area contributed by atoms with Crippen molar-refractivity contribution in [3.8, 4) is 0 Å². The molecule has 74 valence electrons. The minimum absolute atomic E-state index is 0.185. The number of anilines is 1. The number of aryl methyl sites for hydroxylation is 1. The molecule has 0 aliphatic heterocycles. The van der Waals surface area contributed by atoms with Crippen LogP contribution in [0.2, 0.25) is 0 Å². The van der Waals surface area contributed by atoms with Crippen molar-refractivity contribution in [2.45, 2.75) is 13.8 Å². The smallest absolute Gasteiger partial charge is 0.266 e. The highest BCUT2D eigenvalue weighted by Crippen LogP contribution is 2.07. The summed E-state index contributed by atoms with van der Waals surface area (Å²) in [5.74, 6) is -0.185. The van der Waals surface area contributed by atoms with Gasteiger partial charge in [0.15, 0.2) is 0 Å². The van der Waals surface area contributed by atoms with E-state index in [1.54, 1.807) is 0 Å². The summed E-state index contributed by atoms with van der Waals surface area (Å²) in [5.41, 5.74) is 1.97. The van der Waals surface area contributed by atoms with E-state index in [2.05, 4.69) is 10.3 Å². The number of benzene rings is 1. The maximum atomic E-state index is 11.2. The van der Waals surface area contributed by atoms with E-state index in [1.807, 2.05) is 38.1 Å². The summed E-state index contributed by atoms with van der Waals surface area (Å²) in [6.07, 6.45) is 1.31. The average Bonchev–Trinajstić information content (AvgIpc) is 2.18. The zero-order valence-electron chi connectivity index (χ0n) is 8.45. The number of nitrogens with zero attached hydrogens (tertiary/aromatic N) is 1. The van der Waals surface area contributed by atoms with Crippen molar-refractivity contribution in [3.63, 3.8) is 0 Å². The lowest BCUT2D eigenvalue weighted by atomic mass is 10.2. The molecule has 0 atom stereocenters. The van der Waals surface area contributed by atoms with E-state index in [-0.39, 0.29) is 5.91 Å². The van der Waals surface area contributed by atoms with Gasteiger partial charge in [0.25, 0.3) is 5.91 Å². The van der Waals surface area contributed by atoms with Crippen LogP contribution >= 0.6 is 0 Å². The average molecular weight is 190 g/mol. The first kappa shape index (κ1) is 10.4. The fourth-order valence-electron chi connectivity index (χ4n) is 0.986. The van der Waals surface area contributed by atoms with Crippen molar-refractivity contribution in [3.05, 3.63) is 29.8 Å². The Kier molecular flexibility index (Phi) is 3.85. The van der Waals surface area contributed by atoms with Gasteiger partial charge in [0, 0.05) is 12.2 Å². The molecule has 1 N–H and O–H groups in total. The molecule has 1 aromatic carbocycles. The first-order valence-corrected chi connectivity index (χ1v) is 4.60. The van der Waals surface area contributed by atoms with Crippen molar-refractivity contribution < 1.29 is 4.79 Å². The molecule has 1 rings (SSSR count). The molecule has 0 aromatic heterocycles. The predicted octanol–water partition coefficient (Wildman–Crippen LogP) is 2.02. The van der Waals surface area contributed by atoms with Gasteiger partial charge in [0.05, 0.1) is 6.21 Å². The molecule has 0 radical (unpaired) electrons. The van der Waals surface area contributed by atoms with Crippen LogP contribution in [-0.4, -0.2) is 18.7 Å². The first-order valence-electron chi connectivity index (χ1n) is 4.60. The molecule has 0 fully saturated rings. The molecule has 0 spiro atoms. The summed E-state index contributed by atoms with van der Waals surface area (Å²) in [5, 5.41) is 2.72. The maximum absolute atomic E-state index is 11.2. The summed E-state index contributed by atoms with van der Waals surface area (Å²) < 4.78 is 0. The molecule has 0 heterocycles. The predicted molar refractivity (Wildman–Crippen MR) is 58.8 cm³/mol. The van der Waals surface area contributed by atoms with Crippen molar-refractivity contribution in [2.24, 2.45) is 4.99 Å². The number of carbonyl (C=O) groups is 1. The summed E-state index contributed by atoms with van der Waals surface area (Å²) in [4.78, 5) is 15.0. The second kappa shape index (κ2) is 5.17. The van der Waals surface area contributed by atoms with Crippen LogP contribution in [0.3, 0.4) is 0 Å². The summed E-state index contributed by atoms with van der Waals surface area (Å²) >= 11 is 0. The Morgan fingerprint density at radius 3 is 2.64 bits per heavy atom. The molecule has 0 unspecified atom stereocenters. The maximum Gasteiger partial charge on any atom is 0.266 e. The number of hydrogen-bond donors (Lipinski definition) is 1. The molecule has 0 saturated carbocycles. The van der Waals surface area contributed by atoms with Crippen molar-refractivity contribution >= 4 is 17.8 Å². The fraction of sp³-hybridized carbons (Fsp3) is 0.273. The Morgan fingerprint density at radius 1 is 1.43 bits per heavy atom. The van der Waals surface area contributed by atoms with Crippen LogP contribution in [0.5, 0.6) is 0 Å². The highest BCUT2D eigenvalue weighted by atomic mass is 16.1. The Bertz CT molecular complexity index is 328. The molecule has 0 aliphatic carbocycles. The third kappa shape index (κ3) is 3.39. The molecule has 3 heteroatoms. The topological polar surface area (TPSA) is 41.5 Å². The molecule has 0 aliphatic rings. The van der Waals surface area contributed by atoms with Gasteiger partial charge in [-0.1, -0.05) is 17.7 Å². The second-order valence-corrected chi connectivity index (χ2v) is 2.98. The molecule has 14 heavy (non-hydrogen) atoms. The Balaban J connectivity index is 2.56. The molecular formula is C11H14N2O. The quantitative estimate of drug-likeness (QED) is 0.728. The lowest BCUT2D eigenvalue weighted by molar-refractivity contribution is -0.110. The lowest BCUT2D eigenvalue weighted by Gasteiger charge is -2.01. The lowest BCUT2D eigenvalue weighted by Crippen LogP contribution is -2.12. The van der Waals surface area contributed by atoms with E-state index >= 15 is 0 Å². The Hall–Kier alpha value is -1.64. The minimum atomic E-state index is -0.185. The summed E-state index contributed by atoms with van der Waals surface area (Å²) in [7, 11) is 0. The molecule has 0 bridgehead atoms. The summed E-state index contributed by atoms with van der Waals surface area (Å²) in [6.45, 7) is 4.51. The van der Waals surface area contributed by atoms with E-state index < -0.39 is 0 Å². The highest BCUT2D eigenvalue weighted by molar-refractivity contribution is 6.31. The van der Waals surface area contributed by atoms with Gasteiger partial charge in [-0.3, -0.25) is 9.79 Å². The van der Waals surface area contributed by atoms with Crippen LogP contribution in [-0.2, 0) is 4.79 Å². The molecule has 3 nitrogen and oxygen atoms in total. The molecule has 1 amide bonds. The van der Waals surface area contributed by atoms with Crippen LogP contribution in [0.25, 0.3) is 0 Å². The van der Waals surface area contributed by atoms with Crippen molar-refractivity contribution in [1.29, 1.82) is 0 Å². The molecular weight excluding hydrogens is 176 g/mol. The van der Waals surface area contributed by atoms with Gasteiger partial charge in [-0.2, -0.15) is 0 Å². The minimum Gasteiger partial charge on any atom is -0.321 e. The van der Waals surface area contributed by atoms with Crippen molar-refractivity contribution in [1.82, 2.24) is 0 Å². The van der Waals surface area contributed by atoms with Gasteiger partial charge in [-0.05, 0) is 26.0 Å². The van der Waals surface area contributed by atoms with E-state index in [1.165, 1.54) is 11.8 Å². The van der Waals surface area contributed by atoms with Gasteiger partial charge in [0.1, 0.15) is 0 Å². The first-order chi connectivity index (χ1) is 6.72. The third-order valence-electron chi connectivity index (χ3n) is 1.71. The number of carbonyl (C=O) groups excluding carboxylic acids is 1. The van der Waals surface area contributed by atoms with E-state index in [4.69, 9.17) is 0 Å². The zero-order valence-corrected chi connectivity index (χ0v) is 8.45. The van der Waals surface area contributed by atoms with Gasteiger partial charge in [0.2, 0.25) is 0 Å². The van der Waals surface area contributed by atoms with Crippen LogP contribution < -0.4 is 5.32 Å². The van der Waals surface area contributed by atoms with Gasteiger partial charge in [-0.25, -0.2) is 0 Å². The van der Waals surface area contributed by atoms with E-state index in [9.17, 15) is 4.79 Å². The second-order valence-electron chi connectivity index (χ2n) is 2.98. The molecule has 0 saturated heterocycles. The molecule has 1 aromatic rings. The van der Waals surface area contributed by atoms with Crippen LogP contribution in [0.15, 0.2) is 29.3 Å². The monoisotopic (exact) mass is 190 g/mol. The largest absolute Gasteiger partial charge is 0.321 e. The normalized spacial score (nSPS) is 10.4. The Labute approximate surface area is 83.9 Å². The zero-order chi connectivity index (χ0) is 10.4. The third-order valence-corrected chi connectivity index (χ3v) is 1.71. The van der Waals surface area contributed by atoms with Crippen LogP contribution in [0.4, 0.5) is 5.69 Å². The number of amides is 1. The van der Waals surface area contributed by atoms with E-state index in [0.29, 0.717) is 6.54 Å². The van der Waals surface area contributed by atoms with Crippen molar-refractivity contribution in [2.75, 3.05) is 11.9 Å². The number of nitrogens with one attached hydrogen (secondary N) is 1. The van der Waals surface area contributed by atoms with Gasteiger partial charge in [-0.15, -0.1) is 0 Å². The van der Waals surface area contributed by atoms with Gasteiger partial charge >= 0.3 is 0 Å². The highest BCUT2D eigenvalue weighted by Gasteiger charge is 1.96. The number of hydrogen-bond acceptors (Lipinski definition) is 2. The SMILES string of the molecule is CCN=CC(=O)Nc1ccc(C)cc1. The number of rotatable bonds is 3. The van der Waals surface area contributed by atoms with E-state index in [0.717, 1.165) is 5.69 Å². The standard InChI is InChI=1S/C11H14N2O/c1-3-12-8-11(14)13-10-6-4-9(2)5-7-10/h4-8H,3H2,1-2H3,(H,13,14). The van der Waals surface area contributed by atoms with Gasteiger partial charge < -0.3 is 5.32 Å².